The molecule has 0 aromatic carbocycles. The largest absolute Gasteiger partial charge is 1.00 e. The maximum absolute atomic E-state index is 10.1. The second kappa shape index (κ2) is 13.3. The Morgan fingerprint density at radius 3 is 2.08 bits per heavy atom. The van der Waals surface area contributed by atoms with Crippen molar-refractivity contribution < 1.29 is 108 Å². The Labute approximate surface area is 169 Å². The summed E-state index contributed by atoms with van der Waals surface area (Å²) in [5, 5.41) is 10.1. The van der Waals surface area contributed by atoms with E-state index in [0.717, 1.165) is 12.8 Å². The SMILES string of the molecule is C[Si](C)(C)[CH]/C=C/CCC[O-].[K+].[K+]. The molecular weight excluding hydrogens is 230 g/mol. The molecule has 0 amide bonds. The van der Waals surface area contributed by atoms with Crippen LogP contribution in [0.15, 0.2) is 12.2 Å². The molecule has 0 saturated carbocycles. The van der Waals surface area contributed by atoms with E-state index >= 15 is 0 Å². The van der Waals surface area contributed by atoms with Crippen molar-refractivity contribution in [2.24, 2.45) is 0 Å². The minimum absolute atomic E-state index is 0. The molecule has 0 aliphatic heterocycles. The van der Waals surface area contributed by atoms with Gasteiger partial charge in [0.25, 0.3) is 0 Å². The molecule has 0 N–H and O–H groups in total. The van der Waals surface area contributed by atoms with Gasteiger partial charge in [-0.3, -0.25) is 0 Å². The molecule has 13 heavy (non-hydrogen) atoms. The smallest absolute Gasteiger partial charge is 0.854 e. The Kier molecular flexibility index (Phi) is 21.9. The molecule has 0 heterocycles. The van der Waals surface area contributed by atoms with Crippen molar-refractivity contribution in [2.75, 3.05) is 6.61 Å². The van der Waals surface area contributed by atoms with Gasteiger partial charge in [-0.1, -0.05) is 38.2 Å². The Morgan fingerprint density at radius 1 is 1.15 bits per heavy atom. The van der Waals surface area contributed by atoms with Crippen LogP contribution in [0.4, 0.5) is 0 Å². The van der Waals surface area contributed by atoms with E-state index in [4.69, 9.17) is 0 Å². The van der Waals surface area contributed by atoms with Gasteiger partial charge in [-0.25, -0.2) is 0 Å². The van der Waals surface area contributed by atoms with Gasteiger partial charge in [0.1, 0.15) is 0 Å². The predicted octanol–water partition coefficient (Wildman–Crippen LogP) is -4.23. The Balaban J connectivity index is -0.000000500. The maximum atomic E-state index is 10.1. The van der Waals surface area contributed by atoms with E-state index in [0.29, 0.717) is 0 Å². The summed E-state index contributed by atoms with van der Waals surface area (Å²) in [6, 6.07) is 2.29. The zero-order valence-corrected chi connectivity index (χ0v) is 17.0. The molecule has 1 nitrogen and oxygen atoms in total. The van der Waals surface area contributed by atoms with E-state index in [1.54, 1.807) is 0 Å². The second-order valence-corrected chi connectivity index (χ2v) is 8.87. The van der Waals surface area contributed by atoms with Crippen molar-refractivity contribution in [3.8, 4) is 0 Å². The summed E-state index contributed by atoms with van der Waals surface area (Å²) in [7, 11) is -1.01. The van der Waals surface area contributed by atoms with Crippen LogP contribution >= 0.6 is 0 Å². The minimum atomic E-state index is -1.01. The predicted molar refractivity (Wildman–Crippen MR) is 50.9 cm³/mol. The normalized spacial score (nSPS) is 10.8. The van der Waals surface area contributed by atoms with Crippen molar-refractivity contribution in [3.63, 3.8) is 0 Å². The van der Waals surface area contributed by atoms with Gasteiger partial charge < -0.3 is 5.11 Å². The van der Waals surface area contributed by atoms with Gasteiger partial charge in [0.05, 0.1) is 8.07 Å². The molecule has 0 aromatic heterocycles. The topological polar surface area (TPSA) is 23.1 Å². The number of hydrogen-bond acceptors (Lipinski definition) is 1. The molecular formula is C9H18K2OSi+. The van der Waals surface area contributed by atoms with E-state index in [1.807, 2.05) is 0 Å². The Bertz CT molecular complexity index is 121. The first-order valence-electron chi connectivity index (χ1n) is 4.15. The van der Waals surface area contributed by atoms with Crippen LogP contribution in [0.2, 0.25) is 19.6 Å². The van der Waals surface area contributed by atoms with Crippen LogP contribution < -0.4 is 108 Å². The second-order valence-electron chi connectivity index (χ2n) is 3.81. The molecule has 1 radical (unpaired) electrons. The first-order chi connectivity index (χ1) is 5.06. The van der Waals surface area contributed by atoms with Gasteiger partial charge in [0, 0.05) is 0 Å². The molecule has 0 aliphatic rings. The van der Waals surface area contributed by atoms with Crippen molar-refractivity contribution >= 4 is 8.07 Å². The zero-order valence-electron chi connectivity index (χ0n) is 9.76. The van der Waals surface area contributed by atoms with E-state index in [9.17, 15) is 5.11 Å². The molecule has 0 rings (SSSR count). The molecule has 65 valence electrons. The van der Waals surface area contributed by atoms with Crippen LogP contribution in [0.1, 0.15) is 12.8 Å². The number of rotatable bonds is 5. The number of allylic oxidation sites excluding steroid dienone is 2. The Morgan fingerprint density at radius 2 is 1.69 bits per heavy atom. The van der Waals surface area contributed by atoms with Gasteiger partial charge in [-0.05, 0) is 12.5 Å². The summed E-state index contributed by atoms with van der Waals surface area (Å²) in [6.07, 6.45) is 5.92. The molecule has 4 heteroatoms. The third-order valence-electron chi connectivity index (χ3n) is 1.25. The molecule has 0 aliphatic carbocycles. The summed E-state index contributed by atoms with van der Waals surface area (Å²) in [6.45, 7) is 6.94. The molecule has 0 fully saturated rings. The van der Waals surface area contributed by atoms with E-state index in [-0.39, 0.29) is 109 Å². The minimum Gasteiger partial charge on any atom is -0.854 e. The van der Waals surface area contributed by atoms with Crippen LogP contribution in [0.25, 0.3) is 0 Å². The standard InChI is InChI=1S/C9H18OSi.2K/c1-11(2,3)9-7-5-4-6-8-10;;/h5,7,9H,4,6,8H2,1-3H3;;/q-1;2*+1/b7-5+;;. The van der Waals surface area contributed by atoms with Gasteiger partial charge in [0.15, 0.2) is 0 Å². The van der Waals surface area contributed by atoms with E-state index in [2.05, 4.69) is 37.8 Å². The zero-order chi connectivity index (χ0) is 8.74. The third-order valence-corrected chi connectivity index (χ3v) is 2.44. The molecule has 0 bridgehead atoms. The van der Waals surface area contributed by atoms with Crippen molar-refractivity contribution in [1.29, 1.82) is 0 Å². The summed E-state index contributed by atoms with van der Waals surface area (Å²) >= 11 is 0. The summed E-state index contributed by atoms with van der Waals surface area (Å²) in [5.41, 5.74) is 0. The fourth-order valence-electron chi connectivity index (χ4n) is 0.654. The van der Waals surface area contributed by atoms with Crippen LogP contribution in [-0.4, -0.2) is 14.7 Å². The summed E-state index contributed by atoms with van der Waals surface area (Å²) in [5.74, 6) is 0. The fraction of sp³-hybridized carbons (Fsp3) is 0.667. The third kappa shape index (κ3) is 21.1. The first-order valence-corrected chi connectivity index (χ1v) is 7.73. The molecule has 0 aromatic rings. The van der Waals surface area contributed by atoms with Crippen LogP contribution in [0.5, 0.6) is 0 Å². The van der Waals surface area contributed by atoms with Gasteiger partial charge in [0.2, 0.25) is 0 Å². The van der Waals surface area contributed by atoms with Crippen molar-refractivity contribution in [3.05, 3.63) is 18.2 Å². The maximum Gasteiger partial charge on any atom is 1.00 e. The number of unbranched alkanes of at least 4 members (excludes halogenated alkanes) is 1. The van der Waals surface area contributed by atoms with Gasteiger partial charge >= 0.3 is 103 Å². The van der Waals surface area contributed by atoms with Gasteiger partial charge in [-0.15, -0.1) is 6.61 Å². The monoisotopic (exact) mass is 248 g/mol. The number of hydrogen-bond donors (Lipinski definition) is 0. The van der Waals surface area contributed by atoms with E-state index < -0.39 is 8.07 Å². The Hall–Kier alpha value is 3.19. The van der Waals surface area contributed by atoms with Crippen LogP contribution in [-0.2, 0) is 0 Å². The average molecular weight is 249 g/mol. The van der Waals surface area contributed by atoms with Crippen molar-refractivity contribution in [2.45, 2.75) is 32.5 Å². The van der Waals surface area contributed by atoms with Crippen LogP contribution in [0, 0.1) is 6.04 Å². The average Bonchev–Trinajstić information content (AvgIpc) is 1.85. The first kappa shape index (κ1) is 21.5. The molecule has 0 atom stereocenters. The molecule has 0 unspecified atom stereocenters. The van der Waals surface area contributed by atoms with E-state index in [1.165, 1.54) is 0 Å². The molecule has 0 saturated heterocycles. The summed E-state index contributed by atoms with van der Waals surface area (Å²) in [4.78, 5) is 0. The quantitative estimate of drug-likeness (QED) is 0.357. The van der Waals surface area contributed by atoms with Crippen LogP contribution in [0.3, 0.4) is 0 Å². The molecule has 0 spiro atoms. The van der Waals surface area contributed by atoms with Gasteiger partial charge in [-0.2, -0.15) is 0 Å². The summed E-state index contributed by atoms with van der Waals surface area (Å²) < 4.78 is 0. The van der Waals surface area contributed by atoms with Crippen molar-refractivity contribution in [1.82, 2.24) is 0 Å². The fourth-order valence-corrected chi connectivity index (χ4v) is 1.37.